The van der Waals surface area contributed by atoms with Crippen LogP contribution in [0, 0.1) is 0 Å². The molecule has 0 aromatic heterocycles. The van der Waals surface area contributed by atoms with E-state index in [0.29, 0.717) is 44.3 Å². The van der Waals surface area contributed by atoms with Gasteiger partial charge in [-0.05, 0) is 24.3 Å². The smallest absolute Gasteiger partial charge is 0.312 e. The van der Waals surface area contributed by atoms with Crippen LogP contribution in [0.15, 0.2) is 54.6 Å². The van der Waals surface area contributed by atoms with Crippen LogP contribution in [0.2, 0.25) is 0 Å². The monoisotopic (exact) mass is 381 g/mol. The molecule has 2 aliphatic heterocycles. The van der Waals surface area contributed by atoms with E-state index in [-0.39, 0.29) is 12.6 Å². The SMILES string of the molecule is O=C(NCC1COc2ccccc2O1)C(=O)N1CCN(c2ccccc2)CC1. The first-order valence-electron chi connectivity index (χ1n) is 9.46. The van der Waals surface area contributed by atoms with Crippen LogP contribution in [0.25, 0.3) is 0 Å². The van der Waals surface area contributed by atoms with Crippen molar-refractivity contribution in [2.45, 2.75) is 6.10 Å². The molecule has 0 spiro atoms. The van der Waals surface area contributed by atoms with Crippen molar-refractivity contribution in [3.63, 3.8) is 0 Å². The molecule has 28 heavy (non-hydrogen) atoms. The minimum atomic E-state index is -0.601. The standard InChI is InChI=1S/C21H23N3O4/c25-20(22-14-17-15-27-18-8-4-5-9-19(18)28-17)21(26)24-12-10-23(11-13-24)16-6-2-1-3-7-16/h1-9,17H,10-15H2,(H,22,25). The Balaban J connectivity index is 1.24. The Morgan fingerprint density at radius 3 is 2.36 bits per heavy atom. The molecule has 0 radical (unpaired) electrons. The Morgan fingerprint density at radius 1 is 0.929 bits per heavy atom. The van der Waals surface area contributed by atoms with E-state index >= 15 is 0 Å². The quantitative estimate of drug-likeness (QED) is 0.812. The van der Waals surface area contributed by atoms with Crippen molar-refractivity contribution < 1.29 is 19.1 Å². The van der Waals surface area contributed by atoms with Gasteiger partial charge in [0.15, 0.2) is 11.5 Å². The fraction of sp³-hybridized carbons (Fsp3) is 0.333. The molecule has 1 unspecified atom stereocenters. The second-order valence-electron chi connectivity index (χ2n) is 6.82. The Morgan fingerprint density at radius 2 is 1.61 bits per heavy atom. The minimum absolute atomic E-state index is 0.225. The summed E-state index contributed by atoms with van der Waals surface area (Å²) in [4.78, 5) is 28.5. The number of hydrogen-bond donors (Lipinski definition) is 1. The maximum absolute atomic E-state index is 12.4. The number of nitrogens with one attached hydrogen (secondary N) is 1. The zero-order valence-electron chi connectivity index (χ0n) is 15.5. The van der Waals surface area contributed by atoms with Gasteiger partial charge in [0.2, 0.25) is 0 Å². The molecule has 1 fully saturated rings. The largest absolute Gasteiger partial charge is 0.486 e. The predicted octanol–water partition coefficient (Wildman–Crippen LogP) is 1.29. The van der Waals surface area contributed by atoms with Crippen LogP contribution < -0.4 is 19.7 Å². The van der Waals surface area contributed by atoms with E-state index < -0.39 is 11.8 Å². The van der Waals surface area contributed by atoms with E-state index in [9.17, 15) is 9.59 Å². The molecular weight excluding hydrogens is 358 g/mol. The van der Waals surface area contributed by atoms with Crippen molar-refractivity contribution in [3.05, 3.63) is 54.6 Å². The van der Waals surface area contributed by atoms with Gasteiger partial charge in [-0.2, -0.15) is 0 Å². The zero-order chi connectivity index (χ0) is 19.3. The van der Waals surface area contributed by atoms with Gasteiger partial charge in [-0.1, -0.05) is 30.3 Å². The number of para-hydroxylation sites is 3. The summed E-state index contributed by atoms with van der Waals surface area (Å²) in [6.07, 6.45) is -0.318. The van der Waals surface area contributed by atoms with Gasteiger partial charge in [-0.15, -0.1) is 0 Å². The number of hydrogen-bond acceptors (Lipinski definition) is 5. The number of benzene rings is 2. The molecule has 0 aliphatic carbocycles. The van der Waals surface area contributed by atoms with Crippen LogP contribution in [0.4, 0.5) is 5.69 Å². The van der Waals surface area contributed by atoms with E-state index in [2.05, 4.69) is 22.3 Å². The van der Waals surface area contributed by atoms with E-state index in [1.54, 1.807) is 4.90 Å². The highest BCUT2D eigenvalue weighted by molar-refractivity contribution is 6.35. The maximum Gasteiger partial charge on any atom is 0.312 e. The normalized spacial score (nSPS) is 18.5. The summed E-state index contributed by atoms with van der Waals surface area (Å²) in [5.41, 5.74) is 1.13. The van der Waals surface area contributed by atoms with Crippen molar-refractivity contribution in [2.24, 2.45) is 0 Å². The number of anilines is 1. The van der Waals surface area contributed by atoms with Crippen LogP contribution in [-0.2, 0) is 9.59 Å². The Labute approximate surface area is 163 Å². The Bertz CT molecular complexity index is 835. The second kappa shape index (κ2) is 8.21. The van der Waals surface area contributed by atoms with Crippen molar-refractivity contribution in [1.82, 2.24) is 10.2 Å². The first kappa shape index (κ1) is 18.2. The summed E-state index contributed by atoms with van der Waals surface area (Å²) in [5.74, 6) is 0.245. The van der Waals surface area contributed by atoms with Crippen molar-refractivity contribution >= 4 is 17.5 Å². The molecule has 7 nitrogen and oxygen atoms in total. The molecule has 1 atom stereocenters. The summed E-state index contributed by atoms with van der Waals surface area (Å²) < 4.78 is 11.4. The summed E-state index contributed by atoms with van der Waals surface area (Å²) in [5, 5.41) is 2.67. The average Bonchev–Trinajstić information content (AvgIpc) is 2.77. The lowest BCUT2D eigenvalue weighted by atomic mass is 10.2. The summed E-state index contributed by atoms with van der Waals surface area (Å²) in [6, 6.07) is 17.5. The van der Waals surface area contributed by atoms with Crippen LogP contribution in [-0.4, -0.2) is 62.1 Å². The van der Waals surface area contributed by atoms with Gasteiger partial charge in [0.1, 0.15) is 12.7 Å². The number of amides is 2. The Hall–Kier alpha value is -3.22. The molecular formula is C21H23N3O4. The third-order valence-corrected chi connectivity index (χ3v) is 4.94. The number of carbonyl (C=O) groups excluding carboxylic acids is 2. The van der Waals surface area contributed by atoms with Crippen LogP contribution in [0.3, 0.4) is 0 Å². The van der Waals surface area contributed by atoms with Gasteiger partial charge in [-0.3, -0.25) is 9.59 Å². The number of ether oxygens (including phenoxy) is 2. The molecule has 4 rings (SSSR count). The molecule has 1 saturated heterocycles. The lowest BCUT2D eigenvalue weighted by molar-refractivity contribution is -0.146. The van der Waals surface area contributed by atoms with E-state index in [1.807, 2.05) is 42.5 Å². The number of rotatable bonds is 3. The van der Waals surface area contributed by atoms with Crippen molar-refractivity contribution in [2.75, 3.05) is 44.2 Å². The molecule has 1 N–H and O–H groups in total. The fourth-order valence-electron chi connectivity index (χ4n) is 3.40. The van der Waals surface area contributed by atoms with E-state index in [1.165, 1.54) is 0 Å². The first-order chi connectivity index (χ1) is 13.7. The van der Waals surface area contributed by atoms with Gasteiger partial charge in [0.05, 0.1) is 6.54 Å². The number of piperazine rings is 1. The molecule has 2 aromatic rings. The summed E-state index contributed by atoms with van der Waals surface area (Å²) in [6.45, 7) is 3.03. The molecule has 7 heteroatoms. The van der Waals surface area contributed by atoms with Crippen molar-refractivity contribution in [1.29, 1.82) is 0 Å². The fourth-order valence-corrected chi connectivity index (χ4v) is 3.40. The molecule has 2 heterocycles. The third kappa shape index (κ3) is 4.03. The molecule has 0 saturated carbocycles. The molecule has 2 amide bonds. The lowest BCUT2D eigenvalue weighted by Gasteiger charge is -2.35. The lowest BCUT2D eigenvalue weighted by Crippen LogP contribution is -2.53. The predicted molar refractivity (Wildman–Crippen MR) is 105 cm³/mol. The summed E-state index contributed by atoms with van der Waals surface area (Å²) >= 11 is 0. The van der Waals surface area contributed by atoms with Gasteiger partial charge in [0, 0.05) is 31.9 Å². The molecule has 146 valence electrons. The average molecular weight is 381 g/mol. The van der Waals surface area contributed by atoms with Crippen LogP contribution >= 0.6 is 0 Å². The van der Waals surface area contributed by atoms with Gasteiger partial charge >= 0.3 is 11.8 Å². The van der Waals surface area contributed by atoms with Gasteiger partial charge < -0.3 is 24.6 Å². The van der Waals surface area contributed by atoms with Gasteiger partial charge in [-0.25, -0.2) is 0 Å². The molecule has 2 aliphatic rings. The van der Waals surface area contributed by atoms with Crippen LogP contribution in [0.1, 0.15) is 0 Å². The molecule has 2 aromatic carbocycles. The number of carbonyl (C=O) groups is 2. The minimum Gasteiger partial charge on any atom is -0.486 e. The van der Waals surface area contributed by atoms with E-state index in [4.69, 9.17) is 9.47 Å². The summed E-state index contributed by atoms with van der Waals surface area (Å²) in [7, 11) is 0. The van der Waals surface area contributed by atoms with E-state index in [0.717, 1.165) is 5.69 Å². The highest BCUT2D eigenvalue weighted by atomic mass is 16.6. The second-order valence-corrected chi connectivity index (χ2v) is 6.82. The van der Waals surface area contributed by atoms with Crippen LogP contribution in [0.5, 0.6) is 11.5 Å². The third-order valence-electron chi connectivity index (χ3n) is 4.94. The van der Waals surface area contributed by atoms with Crippen molar-refractivity contribution in [3.8, 4) is 11.5 Å². The highest BCUT2D eigenvalue weighted by Gasteiger charge is 2.27. The first-order valence-corrected chi connectivity index (χ1v) is 9.46. The van der Waals surface area contributed by atoms with Gasteiger partial charge in [0.25, 0.3) is 0 Å². The number of fused-ring (bicyclic) bond motifs is 1. The molecule has 0 bridgehead atoms. The topological polar surface area (TPSA) is 71.1 Å². The maximum atomic E-state index is 12.4. The highest BCUT2D eigenvalue weighted by Crippen LogP contribution is 2.30. The number of nitrogens with zero attached hydrogens (tertiary/aromatic N) is 2. The zero-order valence-corrected chi connectivity index (χ0v) is 15.5. The Kier molecular flexibility index (Phi) is 5.32.